The van der Waals surface area contributed by atoms with Gasteiger partial charge in [0, 0.05) is 25.7 Å². The molecule has 0 spiro atoms. The number of likely N-dealkylation sites (tertiary alicyclic amines) is 1. The van der Waals surface area contributed by atoms with E-state index in [0.717, 1.165) is 24.9 Å². The van der Waals surface area contributed by atoms with Gasteiger partial charge in [-0.05, 0) is 37.3 Å². The van der Waals surface area contributed by atoms with Crippen LogP contribution in [0.3, 0.4) is 0 Å². The molecule has 0 aromatic heterocycles. The predicted molar refractivity (Wildman–Crippen MR) is 87.0 cm³/mol. The monoisotopic (exact) mass is 274 g/mol. The molecular formula is C18H30N2. The average molecular weight is 274 g/mol. The Morgan fingerprint density at radius 2 is 1.75 bits per heavy atom. The van der Waals surface area contributed by atoms with Crippen LogP contribution in [0.2, 0.25) is 0 Å². The molecule has 1 aliphatic heterocycles. The Morgan fingerprint density at radius 3 is 2.30 bits per heavy atom. The second-order valence-electron chi connectivity index (χ2n) is 6.59. The number of hydrogen-bond donors (Lipinski definition) is 1. The lowest BCUT2D eigenvalue weighted by molar-refractivity contribution is 0.281. The molecule has 0 amide bonds. The third kappa shape index (κ3) is 4.07. The van der Waals surface area contributed by atoms with E-state index < -0.39 is 0 Å². The summed E-state index contributed by atoms with van der Waals surface area (Å²) in [6, 6.07) is 9.49. The molecule has 112 valence electrons. The Bertz CT molecular complexity index is 388. The van der Waals surface area contributed by atoms with Crippen LogP contribution in [-0.2, 0) is 0 Å². The summed E-state index contributed by atoms with van der Waals surface area (Å²) in [6.45, 7) is 13.9. The van der Waals surface area contributed by atoms with Gasteiger partial charge in [0.05, 0.1) is 0 Å². The first-order chi connectivity index (χ1) is 9.60. The summed E-state index contributed by atoms with van der Waals surface area (Å²) in [4.78, 5) is 2.63. The fourth-order valence-electron chi connectivity index (χ4n) is 3.06. The van der Waals surface area contributed by atoms with E-state index in [-0.39, 0.29) is 0 Å². The maximum Gasteiger partial charge on any atom is 0.0449 e. The van der Waals surface area contributed by atoms with Crippen molar-refractivity contribution in [3.8, 4) is 0 Å². The van der Waals surface area contributed by atoms with Crippen LogP contribution in [0.1, 0.15) is 44.4 Å². The quantitative estimate of drug-likeness (QED) is 0.852. The summed E-state index contributed by atoms with van der Waals surface area (Å²) < 4.78 is 0. The van der Waals surface area contributed by atoms with Crippen molar-refractivity contribution >= 4 is 0 Å². The molecule has 2 heteroatoms. The minimum Gasteiger partial charge on any atom is -0.309 e. The van der Waals surface area contributed by atoms with Gasteiger partial charge in [-0.25, -0.2) is 0 Å². The molecule has 1 saturated heterocycles. The normalized spacial score (nSPS) is 25.0. The van der Waals surface area contributed by atoms with Crippen molar-refractivity contribution < 1.29 is 0 Å². The van der Waals surface area contributed by atoms with E-state index in [1.165, 1.54) is 30.6 Å². The number of rotatable bonds is 6. The summed E-state index contributed by atoms with van der Waals surface area (Å²) in [6.07, 6.45) is 1.19. The van der Waals surface area contributed by atoms with Crippen molar-refractivity contribution in [2.75, 3.05) is 26.2 Å². The van der Waals surface area contributed by atoms with Gasteiger partial charge in [-0.15, -0.1) is 0 Å². The number of hydrogen-bond acceptors (Lipinski definition) is 2. The summed E-state index contributed by atoms with van der Waals surface area (Å²) in [7, 11) is 0. The molecule has 2 rings (SSSR count). The van der Waals surface area contributed by atoms with Crippen molar-refractivity contribution in [1.82, 2.24) is 10.2 Å². The zero-order valence-electron chi connectivity index (χ0n) is 13.5. The van der Waals surface area contributed by atoms with E-state index in [2.05, 4.69) is 62.2 Å². The molecule has 3 atom stereocenters. The Labute approximate surface area is 124 Å². The van der Waals surface area contributed by atoms with Crippen LogP contribution in [0.4, 0.5) is 0 Å². The minimum absolute atomic E-state index is 0.466. The lowest BCUT2D eigenvalue weighted by Crippen LogP contribution is -2.34. The molecule has 1 aromatic carbocycles. The fraction of sp³-hybridized carbons (Fsp3) is 0.667. The van der Waals surface area contributed by atoms with Crippen molar-refractivity contribution in [3.05, 3.63) is 35.4 Å². The van der Waals surface area contributed by atoms with Crippen molar-refractivity contribution in [2.24, 2.45) is 11.8 Å². The smallest absolute Gasteiger partial charge is 0.0449 e. The highest BCUT2D eigenvalue weighted by Gasteiger charge is 2.27. The molecule has 3 unspecified atom stereocenters. The Morgan fingerprint density at radius 1 is 1.15 bits per heavy atom. The van der Waals surface area contributed by atoms with Gasteiger partial charge in [0.15, 0.2) is 0 Å². The van der Waals surface area contributed by atoms with Gasteiger partial charge < -0.3 is 10.2 Å². The van der Waals surface area contributed by atoms with Crippen molar-refractivity contribution in [1.29, 1.82) is 0 Å². The van der Waals surface area contributed by atoms with Gasteiger partial charge in [0.2, 0.25) is 0 Å². The Kier molecular flexibility index (Phi) is 5.62. The third-order valence-corrected chi connectivity index (χ3v) is 4.62. The van der Waals surface area contributed by atoms with Gasteiger partial charge >= 0.3 is 0 Å². The van der Waals surface area contributed by atoms with Crippen LogP contribution >= 0.6 is 0 Å². The number of aryl methyl sites for hydroxylation is 1. The summed E-state index contributed by atoms with van der Waals surface area (Å²) in [5, 5.41) is 3.72. The molecule has 0 aliphatic carbocycles. The SMILES string of the molecule is CCCNC(CN1CC(C)C(C)C1)c1ccc(C)cc1. The number of nitrogens with zero attached hydrogens (tertiary/aromatic N) is 1. The summed E-state index contributed by atoms with van der Waals surface area (Å²) in [5.74, 6) is 1.67. The zero-order chi connectivity index (χ0) is 14.5. The second kappa shape index (κ2) is 7.24. The first-order valence-electron chi connectivity index (χ1n) is 8.12. The first kappa shape index (κ1) is 15.5. The fourth-order valence-corrected chi connectivity index (χ4v) is 3.06. The van der Waals surface area contributed by atoms with Gasteiger partial charge in [-0.3, -0.25) is 0 Å². The average Bonchev–Trinajstić information content (AvgIpc) is 2.74. The second-order valence-corrected chi connectivity index (χ2v) is 6.59. The van der Waals surface area contributed by atoms with E-state index in [4.69, 9.17) is 0 Å². The Hall–Kier alpha value is -0.860. The van der Waals surface area contributed by atoms with Gasteiger partial charge in [0.25, 0.3) is 0 Å². The molecule has 1 fully saturated rings. The van der Waals surface area contributed by atoms with Gasteiger partial charge in [0.1, 0.15) is 0 Å². The molecule has 20 heavy (non-hydrogen) atoms. The van der Waals surface area contributed by atoms with Crippen LogP contribution in [0, 0.1) is 18.8 Å². The zero-order valence-corrected chi connectivity index (χ0v) is 13.5. The molecular weight excluding hydrogens is 244 g/mol. The van der Waals surface area contributed by atoms with Crippen LogP contribution < -0.4 is 5.32 Å². The molecule has 1 N–H and O–H groups in total. The highest BCUT2D eigenvalue weighted by Crippen LogP contribution is 2.25. The number of benzene rings is 1. The van der Waals surface area contributed by atoms with E-state index in [1.807, 2.05) is 0 Å². The largest absolute Gasteiger partial charge is 0.309 e. The highest BCUT2D eigenvalue weighted by atomic mass is 15.2. The topological polar surface area (TPSA) is 15.3 Å². The van der Waals surface area contributed by atoms with Crippen LogP contribution in [0.15, 0.2) is 24.3 Å². The number of nitrogens with one attached hydrogen (secondary N) is 1. The van der Waals surface area contributed by atoms with E-state index in [9.17, 15) is 0 Å². The minimum atomic E-state index is 0.466. The lowest BCUT2D eigenvalue weighted by Gasteiger charge is -2.25. The Balaban J connectivity index is 2.02. The van der Waals surface area contributed by atoms with Crippen LogP contribution in [-0.4, -0.2) is 31.1 Å². The third-order valence-electron chi connectivity index (χ3n) is 4.62. The van der Waals surface area contributed by atoms with E-state index >= 15 is 0 Å². The standard InChI is InChI=1S/C18H30N2/c1-5-10-19-18(17-8-6-14(2)7-9-17)13-20-11-15(3)16(4)12-20/h6-9,15-16,18-19H,5,10-13H2,1-4H3. The maximum absolute atomic E-state index is 3.72. The van der Waals surface area contributed by atoms with Gasteiger partial charge in [-0.2, -0.15) is 0 Å². The van der Waals surface area contributed by atoms with Gasteiger partial charge in [-0.1, -0.05) is 50.6 Å². The maximum atomic E-state index is 3.72. The molecule has 1 aliphatic rings. The predicted octanol–water partition coefficient (Wildman–Crippen LogP) is 3.62. The molecule has 1 aromatic rings. The molecule has 1 heterocycles. The lowest BCUT2D eigenvalue weighted by atomic mass is 10.0. The highest BCUT2D eigenvalue weighted by molar-refractivity contribution is 5.24. The summed E-state index contributed by atoms with van der Waals surface area (Å²) in [5.41, 5.74) is 2.77. The van der Waals surface area contributed by atoms with Crippen molar-refractivity contribution in [2.45, 2.75) is 40.2 Å². The van der Waals surface area contributed by atoms with Crippen LogP contribution in [0.5, 0.6) is 0 Å². The van der Waals surface area contributed by atoms with Crippen LogP contribution in [0.25, 0.3) is 0 Å². The molecule has 0 saturated carbocycles. The van der Waals surface area contributed by atoms with E-state index in [1.54, 1.807) is 0 Å². The first-order valence-corrected chi connectivity index (χ1v) is 8.12. The van der Waals surface area contributed by atoms with E-state index in [0.29, 0.717) is 6.04 Å². The molecule has 0 bridgehead atoms. The molecule has 0 radical (unpaired) electrons. The van der Waals surface area contributed by atoms with Crippen molar-refractivity contribution in [3.63, 3.8) is 0 Å². The summed E-state index contributed by atoms with van der Waals surface area (Å²) >= 11 is 0. The molecule has 2 nitrogen and oxygen atoms in total.